The van der Waals surface area contributed by atoms with Crippen LogP contribution >= 0.6 is 0 Å². The third-order valence-corrected chi connectivity index (χ3v) is 11.4. The van der Waals surface area contributed by atoms with E-state index in [4.69, 9.17) is 5.73 Å². The Morgan fingerprint density at radius 1 is 0.412 bits per heavy atom. The topological polar surface area (TPSA) is 38.0 Å². The number of anilines is 3. The highest BCUT2D eigenvalue weighted by atomic mass is 14.9. The highest BCUT2D eigenvalue weighted by Gasteiger charge is 2.53. The maximum Gasteiger partial charge on any atom is 0.0731 e. The Hall–Kier alpha value is -6.64. The van der Waals surface area contributed by atoms with Gasteiger partial charge >= 0.3 is 0 Å². The molecule has 3 N–H and O–H groups in total. The van der Waals surface area contributed by atoms with E-state index in [1.165, 1.54) is 88.0 Å². The van der Waals surface area contributed by atoms with Gasteiger partial charge in [-0.05, 0) is 130 Å². The zero-order valence-electron chi connectivity index (χ0n) is 27.8. The van der Waals surface area contributed by atoms with Crippen molar-refractivity contribution in [2.75, 3.05) is 11.1 Å². The van der Waals surface area contributed by atoms with Gasteiger partial charge in [0.1, 0.15) is 0 Å². The molecule has 0 bridgehead atoms. The molecule has 0 amide bonds. The van der Waals surface area contributed by atoms with Crippen molar-refractivity contribution < 1.29 is 0 Å². The normalized spacial score (nSPS) is 13.3. The summed E-state index contributed by atoms with van der Waals surface area (Å²) in [6, 6.07) is 64.6. The third-order valence-electron chi connectivity index (χ3n) is 11.4. The molecule has 9 aromatic rings. The summed E-state index contributed by atoms with van der Waals surface area (Å²) < 4.78 is 0. The number of rotatable bonds is 3. The first-order chi connectivity index (χ1) is 25.2. The van der Waals surface area contributed by atoms with Gasteiger partial charge in [0.05, 0.1) is 16.8 Å². The van der Waals surface area contributed by atoms with E-state index in [0.29, 0.717) is 0 Å². The summed E-state index contributed by atoms with van der Waals surface area (Å²) >= 11 is 0. The average molecular weight is 649 g/mol. The lowest BCUT2D eigenvalue weighted by molar-refractivity contribution is 0.803. The minimum absolute atomic E-state index is 0.446. The molecular weight excluding hydrogens is 617 g/mol. The van der Waals surface area contributed by atoms with Crippen LogP contribution in [0.25, 0.3) is 65.7 Å². The van der Waals surface area contributed by atoms with Gasteiger partial charge in [-0.3, -0.25) is 0 Å². The van der Waals surface area contributed by atoms with Gasteiger partial charge in [0.25, 0.3) is 0 Å². The number of para-hydroxylation sites is 2. The number of fused-ring (bicyclic) bond motifs is 16. The molecule has 238 valence electrons. The van der Waals surface area contributed by atoms with E-state index < -0.39 is 5.41 Å². The number of nitrogen functional groups attached to an aromatic ring is 1. The van der Waals surface area contributed by atoms with Crippen molar-refractivity contribution in [3.05, 3.63) is 198 Å². The molecule has 0 fully saturated rings. The Labute approximate surface area is 296 Å². The van der Waals surface area contributed by atoms with E-state index >= 15 is 0 Å². The first-order valence-corrected chi connectivity index (χ1v) is 17.6. The molecule has 0 unspecified atom stereocenters. The number of benzene rings is 9. The van der Waals surface area contributed by atoms with Gasteiger partial charge in [-0.15, -0.1) is 0 Å². The fraction of sp³-hybridized carbons (Fsp3) is 0.0204. The highest BCUT2D eigenvalue weighted by Crippen LogP contribution is 2.65. The van der Waals surface area contributed by atoms with Crippen molar-refractivity contribution in [1.82, 2.24) is 0 Å². The van der Waals surface area contributed by atoms with Crippen LogP contribution in [0.15, 0.2) is 176 Å². The molecule has 0 saturated carbocycles. The number of nitrogens with one attached hydrogen (secondary N) is 1. The number of hydrogen-bond donors (Lipinski definition) is 2. The molecule has 0 aliphatic heterocycles. The fourth-order valence-electron chi connectivity index (χ4n) is 9.25. The second-order valence-corrected chi connectivity index (χ2v) is 13.9. The van der Waals surface area contributed by atoms with E-state index in [1.54, 1.807) is 0 Å². The average Bonchev–Trinajstić information content (AvgIpc) is 3.65. The predicted octanol–water partition coefficient (Wildman–Crippen LogP) is 12.5. The summed E-state index contributed by atoms with van der Waals surface area (Å²) in [4.78, 5) is 0. The van der Waals surface area contributed by atoms with Gasteiger partial charge in [-0.1, -0.05) is 133 Å². The summed E-state index contributed by atoms with van der Waals surface area (Å²) in [6.07, 6.45) is 0. The van der Waals surface area contributed by atoms with Crippen molar-refractivity contribution >= 4 is 49.4 Å². The van der Waals surface area contributed by atoms with Gasteiger partial charge in [-0.2, -0.15) is 0 Å². The lowest BCUT2D eigenvalue weighted by Crippen LogP contribution is -2.26. The van der Waals surface area contributed by atoms with Crippen molar-refractivity contribution in [2.45, 2.75) is 5.41 Å². The SMILES string of the molecule is Nc1ccccc1Nc1ccc(-c2ccc3cc4c(cc3c2)C2(c3ccccc3-c3ccccc32)c2c-4c3ccccc3c3ccccc23)cc1. The van der Waals surface area contributed by atoms with Crippen LogP contribution in [0.5, 0.6) is 0 Å². The largest absolute Gasteiger partial charge is 0.397 e. The van der Waals surface area contributed by atoms with Gasteiger partial charge in [0.2, 0.25) is 0 Å². The van der Waals surface area contributed by atoms with E-state index in [1.807, 2.05) is 24.3 Å². The smallest absolute Gasteiger partial charge is 0.0731 e. The first kappa shape index (κ1) is 28.2. The molecule has 51 heavy (non-hydrogen) atoms. The van der Waals surface area contributed by atoms with Crippen LogP contribution in [0.3, 0.4) is 0 Å². The number of hydrogen-bond acceptors (Lipinski definition) is 2. The second-order valence-electron chi connectivity index (χ2n) is 13.9. The lowest BCUT2D eigenvalue weighted by Gasteiger charge is -2.32. The Morgan fingerprint density at radius 3 is 1.73 bits per heavy atom. The molecule has 11 rings (SSSR count). The summed E-state index contributed by atoms with van der Waals surface area (Å²) in [5.74, 6) is 0. The minimum atomic E-state index is -0.446. The van der Waals surface area contributed by atoms with E-state index in [9.17, 15) is 0 Å². The Bertz CT molecular complexity index is 2850. The van der Waals surface area contributed by atoms with Gasteiger partial charge in [0.15, 0.2) is 0 Å². The maximum atomic E-state index is 6.20. The van der Waals surface area contributed by atoms with Crippen LogP contribution < -0.4 is 11.1 Å². The van der Waals surface area contributed by atoms with Crippen LogP contribution in [-0.2, 0) is 5.41 Å². The van der Waals surface area contributed by atoms with Crippen LogP contribution in [0, 0.1) is 0 Å². The second kappa shape index (κ2) is 10.4. The summed E-state index contributed by atoms with van der Waals surface area (Å²) in [7, 11) is 0. The van der Waals surface area contributed by atoms with Gasteiger partial charge in [0, 0.05) is 5.69 Å². The van der Waals surface area contributed by atoms with Gasteiger partial charge < -0.3 is 11.1 Å². The monoisotopic (exact) mass is 648 g/mol. The van der Waals surface area contributed by atoms with Crippen molar-refractivity contribution in [3.63, 3.8) is 0 Å². The van der Waals surface area contributed by atoms with Crippen molar-refractivity contribution in [2.24, 2.45) is 0 Å². The van der Waals surface area contributed by atoms with Crippen LogP contribution in [-0.4, -0.2) is 0 Å². The van der Waals surface area contributed by atoms with Gasteiger partial charge in [-0.25, -0.2) is 0 Å². The highest BCUT2D eigenvalue weighted by molar-refractivity contribution is 6.20. The maximum absolute atomic E-state index is 6.20. The lowest BCUT2D eigenvalue weighted by atomic mass is 9.69. The molecule has 2 aliphatic carbocycles. The third kappa shape index (κ3) is 3.82. The van der Waals surface area contributed by atoms with Crippen LogP contribution in [0.4, 0.5) is 17.1 Å². The van der Waals surface area contributed by atoms with E-state index in [2.05, 4.69) is 157 Å². The Balaban J connectivity index is 1.17. The van der Waals surface area contributed by atoms with E-state index in [0.717, 1.165) is 17.1 Å². The quantitative estimate of drug-likeness (QED) is 0.148. The summed E-state index contributed by atoms with van der Waals surface area (Å²) in [5, 5.41) is 11.2. The molecule has 2 aliphatic rings. The zero-order chi connectivity index (χ0) is 33.7. The summed E-state index contributed by atoms with van der Waals surface area (Å²) in [5.41, 5.74) is 21.6. The Morgan fingerprint density at radius 2 is 1.00 bits per heavy atom. The first-order valence-electron chi connectivity index (χ1n) is 17.6. The predicted molar refractivity (Wildman–Crippen MR) is 215 cm³/mol. The molecule has 0 saturated heterocycles. The molecule has 1 spiro atoms. The molecule has 2 nitrogen and oxygen atoms in total. The fourth-order valence-corrected chi connectivity index (χ4v) is 9.25. The molecule has 0 heterocycles. The molecule has 0 radical (unpaired) electrons. The molecule has 0 aromatic heterocycles. The standard InChI is InChI=1S/C49H32N2/c50-45-19-9-10-20-46(45)51-34-25-23-30(24-26-34)31-21-22-32-28-41-44(29-33(32)27-31)49(42-17-7-5-13-37(42)38-14-6-8-18-43(38)49)48-40-16-4-2-12-36(40)35-11-1-3-15-39(35)47(41)48/h1-29,51H,50H2. The van der Waals surface area contributed by atoms with E-state index in [-0.39, 0.29) is 0 Å². The number of nitrogens with two attached hydrogens (primary N) is 1. The molecule has 9 aromatic carbocycles. The van der Waals surface area contributed by atoms with Crippen molar-refractivity contribution in [1.29, 1.82) is 0 Å². The minimum Gasteiger partial charge on any atom is -0.397 e. The molecular formula is C49H32N2. The van der Waals surface area contributed by atoms with Crippen LogP contribution in [0.1, 0.15) is 22.3 Å². The zero-order valence-corrected chi connectivity index (χ0v) is 27.8. The van der Waals surface area contributed by atoms with Crippen LogP contribution in [0.2, 0.25) is 0 Å². The molecule has 0 atom stereocenters. The Kier molecular flexibility index (Phi) is 5.77. The van der Waals surface area contributed by atoms with Crippen molar-refractivity contribution in [3.8, 4) is 33.4 Å². The summed E-state index contributed by atoms with van der Waals surface area (Å²) in [6.45, 7) is 0. The molecule has 2 heteroatoms.